The first-order valence-electron chi connectivity index (χ1n) is 8.31. The maximum atomic E-state index is 12.7. The van der Waals surface area contributed by atoms with Crippen LogP contribution < -0.4 is 10.1 Å². The zero-order valence-corrected chi connectivity index (χ0v) is 14.8. The third kappa shape index (κ3) is 3.12. The van der Waals surface area contributed by atoms with Gasteiger partial charge in [0.25, 0.3) is 5.91 Å². The number of aryl methyl sites for hydroxylation is 1. The number of aromatic nitrogens is 4. The molecule has 8 heteroatoms. The zero-order valence-electron chi connectivity index (χ0n) is 14.8. The van der Waals surface area contributed by atoms with E-state index < -0.39 is 0 Å². The lowest BCUT2D eigenvalue weighted by molar-refractivity contribution is 0.0924. The Morgan fingerprint density at radius 3 is 3.00 bits per heavy atom. The quantitative estimate of drug-likeness (QED) is 0.586. The summed E-state index contributed by atoms with van der Waals surface area (Å²) in [5, 5.41) is 7.83. The Morgan fingerprint density at radius 2 is 2.22 bits per heavy atom. The van der Waals surface area contributed by atoms with Crippen LogP contribution in [0.25, 0.3) is 16.8 Å². The summed E-state index contributed by atoms with van der Waals surface area (Å²) in [6, 6.07) is 9.13. The molecule has 0 fully saturated rings. The molecule has 1 aromatic carbocycles. The summed E-state index contributed by atoms with van der Waals surface area (Å²) in [4.78, 5) is 20.9. The van der Waals surface area contributed by atoms with Crippen molar-refractivity contribution in [1.82, 2.24) is 25.1 Å². The van der Waals surface area contributed by atoms with Crippen LogP contribution in [-0.4, -0.2) is 32.8 Å². The van der Waals surface area contributed by atoms with Gasteiger partial charge in [-0.25, -0.2) is 14.6 Å². The lowest BCUT2D eigenvalue weighted by Gasteiger charge is -2.08. The molecule has 0 unspecified atom stereocenters. The third-order valence-electron chi connectivity index (χ3n) is 4.29. The molecule has 4 rings (SSSR count). The highest BCUT2D eigenvalue weighted by Gasteiger charge is 2.18. The summed E-state index contributed by atoms with van der Waals surface area (Å²) in [6.45, 7) is 2.13. The van der Waals surface area contributed by atoms with E-state index in [0.29, 0.717) is 17.2 Å². The second-order valence-electron chi connectivity index (χ2n) is 5.93. The number of carbonyl (C=O) groups is 1. The van der Waals surface area contributed by atoms with Crippen molar-refractivity contribution in [3.05, 3.63) is 66.1 Å². The molecule has 1 amide bonds. The first-order chi connectivity index (χ1) is 13.2. The van der Waals surface area contributed by atoms with Crippen LogP contribution >= 0.6 is 0 Å². The number of methoxy groups -OCH3 is 1. The highest BCUT2D eigenvalue weighted by Crippen LogP contribution is 2.28. The van der Waals surface area contributed by atoms with E-state index >= 15 is 0 Å². The summed E-state index contributed by atoms with van der Waals surface area (Å²) >= 11 is 0. The Hall–Kier alpha value is -3.68. The Kier molecular flexibility index (Phi) is 4.29. The van der Waals surface area contributed by atoms with E-state index in [2.05, 4.69) is 20.4 Å². The average Bonchev–Trinajstić information content (AvgIpc) is 3.34. The van der Waals surface area contributed by atoms with Crippen LogP contribution in [0.4, 0.5) is 0 Å². The van der Waals surface area contributed by atoms with E-state index in [0.717, 1.165) is 16.5 Å². The van der Waals surface area contributed by atoms with Gasteiger partial charge in [0, 0.05) is 29.3 Å². The highest BCUT2D eigenvalue weighted by molar-refractivity contribution is 5.99. The highest BCUT2D eigenvalue weighted by atomic mass is 16.5. The van der Waals surface area contributed by atoms with Gasteiger partial charge in [0.15, 0.2) is 11.6 Å². The molecule has 8 nitrogen and oxygen atoms in total. The molecule has 3 heterocycles. The van der Waals surface area contributed by atoms with E-state index in [4.69, 9.17) is 9.15 Å². The van der Waals surface area contributed by atoms with Gasteiger partial charge in [-0.3, -0.25) is 4.79 Å². The number of amides is 1. The topological polar surface area (TPSA) is 95.1 Å². The van der Waals surface area contributed by atoms with Crippen LogP contribution in [0.3, 0.4) is 0 Å². The lowest BCUT2D eigenvalue weighted by atomic mass is 10.1. The minimum atomic E-state index is -0.295. The Labute approximate surface area is 154 Å². The standard InChI is InChI=1S/C19H17N5O3/c1-12-15-8-14(26-2)5-6-16(15)27-17(12)19(25)22-9-13-4-3-7-21-18(13)24-11-20-10-23-24/h3-8,10-11H,9H2,1-2H3,(H,22,25). The van der Waals surface area contributed by atoms with Gasteiger partial charge in [0.2, 0.25) is 0 Å². The molecule has 1 N–H and O–H groups in total. The van der Waals surface area contributed by atoms with Gasteiger partial charge >= 0.3 is 0 Å². The van der Waals surface area contributed by atoms with E-state index in [1.807, 2.05) is 19.1 Å². The fourth-order valence-corrected chi connectivity index (χ4v) is 2.89. The normalized spacial score (nSPS) is 10.9. The van der Waals surface area contributed by atoms with Crippen molar-refractivity contribution in [2.45, 2.75) is 13.5 Å². The second-order valence-corrected chi connectivity index (χ2v) is 5.93. The van der Waals surface area contributed by atoms with Crippen molar-refractivity contribution in [2.24, 2.45) is 0 Å². The monoisotopic (exact) mass is 363 g/mol. The van der Waals surface area contributed by atoms with E-state index in [1.165, 1.54) is 6.33 Å². The number of hydrogen-bond acceptors (Lipinski definition) is 6. The molecule has 0 saturated heterocycles. The van der Waals surface area contributed by atoms with Crippen LogP contribution in [0.5, 0.6) is 5.75 Å². The first kappa shape index (κ1) is 16.8. The summed E-state index contributed by atoms with van der Waals surface area (Å²) in [5.74, 6) is 1.31. The lowest BCUT2D eigenvalue weighted by Crippen LogP contribution is -2.24. The maximum Gasteiger partial charge on any atom is 0.287 e. The molecule has 136 valence electrons. The maximum absolute atomic E-state index is 12.7. The fraction of sp³-hybridized carbons (Fsp3) is 0.158. The van der Waals surface area contributed by atoms with Gasteiger partial charge in [0.1, 0.15) is 24.0 Å². The molecule has 0 atom stereocenters. The van der Waals surface area contributed by atoms with Crippen molar-refractivity contribution in [3.8, 4) is 11.6 Å². The smallest absolute Gasteiger partial charge is 0.287 e. The average molecular weight is 363 g/mol. The molecular formula is C19H17N5O3. The number of benzene rings is 1. The summed E-state index contributed by atoms with van der Waals surface area (Å²) < 4.78 is 12.5. The molecule has 0 aliphatic heterocycles. The Bertz CT molecular complexity index is 1100. The van der Waals surface area contributed by atoms with Gasteiger partial charge in [-0.2, -0.15) is 5.10 Å². The molecule has 0 bridgehead atoms. The summed E-state index contributed by atoms with van der Waals surface area (Å²) in [5.41, 5.74) is 2.22. The summed E-state index contributed by atoms with van der Waals surface area (Å²) in [7, 11) is 1.60. The van der Waals surface area contributed by atoms with Crippen molar-refractivity contribution in [1.29, 1.82) is 0 Å². The minimum Gasteiger partial charge on any atom is -0.497 e. The van der Waals surface area contributed by atoms with Crippen molar-refractivity contribution in [3.63, 3.8) is 0 Å². The van der Waals surface area contributed by atoms with Crippen LogP contribution in [-0.2, 0) is 6.54 Å². The molecule has 3 aromatic heterocycles. The molecule has 0 aliphatic carbocycles. The van der Waals surface area contributed by atoms with Crippen molar-refractivity contribution in [2.75, 3.05) is 7.11 Å². The summed E-state index contributed by atoms with van der Waals surface area (Å²) in [6.07, 6.45) is 4.66. The van der Waals surface area contributed by atoms with Crippen LogP contribution in [0.15, 0.2) is 53.6 Å². The molecule has 27 heavy (non-hydrogen) atoms. The van der Waals surface area contributed by atoms with Crippen LogP contribution in [0, 0.1) is 6.92 Å². The Morgan fingerprint density at radius 1 is 1.33 bits per heavy atom. The predicted molar refractivity (Wildman–Crippen MR) is 97.8 cm³/mol. The zero-order chi connectivity index (χ0) is 18.8. The van der Waals surface area contributed by atoms with E-state index in [1.54, 1.807) is 42.5 Å². The van der Waals surface area contributed by atoms with Crippen LogP contribution in [0.1, 0.15) is 21.7 Å². The molecule has 0 spiro atoms. The number of nitrogens with zero attached hydrogens (tertiary/aromatic N) is 4. The predicted octanol–water partition coefficient (Wildman–Crippen LogP) is 2.66. The van der Waals surface area contributed by atoms with Gasteiger partial charge in [0.05, 0.1) is 7.11 Å². The minimum absolute atomic E-state index is 0.279. The Balaban J connectivity index is 1.57. The van der Waals surface area contributed by atoms with E-state index in [9.17, 15) is 4.79 Å². The largest absolute Gasteiger partial charge is 0.497 e. The first-order valence-corrected chi connectivity index (χ1v) is 8.31. The number of pyridine rings is 1. The molecule has 0 aliphatic rings. The number of carbonyl (C=O) groups excluding carboxylic acids is 1. The second kappa shape index (κ2) is 6.91. The number of fused-ring (bicyclic) bond motifs is 1. The van der Waals surface area contributed by atoms with Crippen molar-refractivity contribution < 1.29 is 13.9 Å². The van der Waals surface area contributed by atoms with Crippen molar-refractivity contribution >= 4 is 16.9 Å². The number of furan rings is 1. The van der Waals surface area contributed by atoms with Gasteiger partial charge < -0.3 is 14.5 Å². The molecule has 4 aromatic rings. The number of nitrogens with one attached hydrogen (secondary N) is 1. The fourth-order valence-electron chi connectivity index (χ4n) is 2.89. The van der Waals surface area contributed by atoms with E-state index in [-0.39, 0.29) is 18.2 Å². The van der Waals surface area contributed by atoms with Crippen LogP contribution in [0.2, 0.25) is 0 Å². The number of hydrogen-bond donors (Lipinski definition) is 1. The number of ether oxygens (including phenoxy) is 1. The SMILES string of the molecule is COc1ccc2oc(C(=O)NCc3cccnc3-n3cncn3)c(C)c2c1. The molecule has 0 radical (unpaired) electrons. The molecular weight excluding hydrogens is 346 g/mol. The molecule has 0 saturated carbocycles. The van der Waals surface area contributed by atoms with Gasteiger partial charge in [-0.05, 0) is 31.2 Å². The van der Waals surface area contributed by atoms with Gasteiger partial charge in [-0.15, -0.1) is 0 Å². The third-order valence-corrected chi connectivity index (χ3v) is 4.29. The number of rotatable bonds is 5. The van der Waals surface area contributed by atoms with Gasteiger partial charge in [-0.1, -0.05) is 6.07 Å².